The van der Waals surface area contributed by atoms with E-state index in [-0.39, 0.29) is 24.8 Å². The second-order valence-corrected chi connectivity index (χ2v) is 5.93. The number of carbonyl (C=O) groups excluding carboxylic acids is 2. The zero-order valence-electron chi connectivity index (χ0n) is 14.7. The number of benzene rings is 1. The van der Waals surface area contributed by atoms with Crippen molar-refractivity contribution in [1.29, 1.82) is 0 Å². The van der Waals surface area contributed by atoms with E-state index in [1.54, 1.807) is 4.90 Å². The van der Waals surface area contributed by atoms with Gasteiger partial charge in [-0.2, -0.15) is 0 Å². The summed E-state index contributed by atoms with van der Waals surface area (Å²) in [5, 5.41) is 2.96. The number of amides is 2. The number of hydrogen-bond donors (Lipinski definition) is 1. The minimum Gasteiger partial charge on any atom is -0.482 e. The minimum absolute atomic E-state index is 0.0254. The molecular weight excluding hydrogens is 306 g/mol. The summed E-state index contributed by atoms with van der Waals surface area (Å²) >= 11 is 0. The maximum atomic E-state index is 12.1. The van der Waals surface area contributed by atoms with Crippen molar-refractivity contribution in [3.8, 4) is 5.75 Å². The normalized spacial score (nSPS) is 15.0. The third-order valence-electron chi connectivity index (χ3n) is 4.40. The van der Waals surface area contributed by atoms with Gasteiger partial charge in [-0.3, -0.25) is 14.5 Å². The van der Waals surface area contributed by atoms with Crippen LogP contribution < -0.4 is 15.0 Å². The van der Waals surface area contributed by atoms with Crippen LogP contribution in [0.1, 0.15) is 27.2 Å². The van der Waals surface area contributed by atoms with E-state index < -0.39 is 0 Å². The summed E-state index contributed by atoms with van der Waals surface area (Å²) in [6, 6.07) is 7.70. The van der Waals surface area contributed by atoms with Crippen molar-refractivity contribution in [2.24, 2.45) is 0 Å². The summed E-state index contributed by atoms with van der Waals surface area (Å²) in [4.78, 5) is 28.1. The Morgan fingerprint density at radius 1 is 1.33 bits per heavy atom. The van der Waals surface area contributed by atoms with Crippen molar-refractivity contribution < 1.29 is 14.3 Å². The van der Waals surface area contributed by atoms with Crippen LogP contribution in [-0.4, -0.2) is 55.5 Å². The van der Waals surface area contributed by atoms with Crippen LogP contribution in [0.4, 0.5) is 5.69 Å². The molecule has 132 valence electrons. The lowest BCUT2D eigenvalue weighted by Gasteiger charge is -2.29. The number of para-hydroxylation sites is 2. The smallest absolute Gasteiger partial charge is 0.265 e. The molecule has 0 aromatic heterocycles. The Kier molecular flexibility index (Phi) is 6.61. The molecule has 1 aliphatic rings. The molecule has 0 aliphatic carbocycles. The molecule has 1 atom stereocenters. The highest BCUT2D eigenvalue weighted by atomic mass is 16.5. The molecule has 1 unspecified atom stereocenters. The first kappa shape index (κ1) is 18.3. The van der Waals surface area contributed by atoms with Gasteiger partial charge in [0.1, 0.15) is 5.75 Å². The van der Waals surface area contributed by atoms with Crippen LogP contribution in [-0.2, 0) is 9.59 Å². The standard InChI is InChI=1S/C18H27N3O3/c1-4-20(5-2)14(3)12-19-17(22)10-11-21-15-8-6-7-9-16(15)24-13-18(21)23/h6-9,14H,4-5,10-13H2,1-3H3,(H,19,22). The Hall–Kier alpha value is -2.08. The molecule has 1 aromatic carbocycles. The third-order valence-corrected chi connectivity index (χ3v) is 4.40. The molecule has 1 N–H and O–H groups in total. The largest absolute Gasteiger partial charge is 0.482 e. The van der Waals surface area contributed by atoms with E-state index in [4.69, 9.17) is 4.74 Å². The second-order valence-electron chi connectivity index (χ2n) is 5.93. The molecule has 0 spiro atoms. The predicted molar refractivity (Wildman–Crippen MR) is 94.3 cm³/mol. The van der Waals surface area contributed by atoms with Gasteiger partial charge >= 0.3 is 0 Å². The van der Waals surface area contributed by atoms with Crippen LogP contribution in [0.15, 0.2) is 24.3 Å². The van der Waals surface area contributed by atoms with Crippen LogP contribution in [0, 0.1) is 0 Å². The molecule has 1 aromatic rings. The Morgan fingerprint density at radius 2 is 2.04 bits per heavy atom. The highest BCUT2D eigenvalue weighted by Gasteiger charge is 2.25. The molecule has 0 bridgehead atoms. The highest BCUT2D eigenvalue weighted by molar-refractivity contribution is 5.98. The van der Waals surface area contributed by atoms with Crippen molar-refractivity contribution in [3.05, 3.63) is 24.3 Å². The molecule has 2 rings (SSSR count). The van der Waals surface area contributed by atoms with Crippen LogP contribution in [0.5, 0.6) is 5.75 Å². The van der Waals surface area contributed by atoms with Gasteiger partial charge in [0.05, 0.1) is 5.69 Å². The number of nitrogens with one attached hydrogen (secondary N) is 1. The molecule has 2 amide bonds. The van der Waals surface area contributed by atoms with Gasteiger partial charge in [0.15, 0.2) is 6.61 Å². The monoisotopic (exact) mass is 333 g/mol. The fourth-order valence-corrected chi connectivity index (χ4v) is 2.94. The number of ether oxygens (including phenoxy) is 1. The quantitative estimate of drug-likeness (QED) is 0.786. The number of anilines is 1. The maximum absolute atomic E-state index is 12.1. The number of fused-ring (bicyclic) bond motifs is 1. The van der Waals surface area contributed by atoms with Crippen LogP contribution in [0.3, 0.4) is 0 Å². The van der Waals surface area contributed by atoms with Crippen molar-refractivity contribution in [2.75, 3.05) is 37.7 Å². The Bertz CT molecular complexity index is 572. The fraction of sp³-hybridized carbons (Fsp3) is 0.556. The average molecular weight is 333 g/mol. The first-order valence-corrected chi connectivity index (χ1v) is 8.59. The maximum Gasteiger partial charge on any atom is 0.265 e. The summed E-state index contributed by atoms with van der Waals surface area (Å²) in [6.07, 6.45) is 0.283. The van der Waals surface area contributed by atoms with Gasteiger partial charge in [0, 0.05) is 25.6 Å². The Morgan fingerprint density at radius 3 is 2.75 bits per heavy atom. The van der Waals surface area contributed by atoms with Crippen molar-refractivity contribution in [2.45, 2.75) is 33.2 Å². The van der Waals surface area contributed by atoms with Crippen molar-refractivity contribution >= 4 is 17.5 Å². The average Bonchev–Trinajstić information content (AvgIpc) is 2.60. The van der Waals surface area contributed by atoms with Crippen molar-refractivity contribution in [1.82, 2.24) is 10.2 Å². The SMILES string of the molecule is CCN(CC)C(C)CNC(=O)CCN1C(=O)COc2ccccc21. The fourth-order valence-electron chi connectivity index (χ4n) is 2.94. The lowest BCUT2D eigenvalue weighted by molar-refractivity contribution is -0.122. The van der Waals surface area contributed by atoms with Gasteiger partial charge in [-0.15, -0.1) is 0 Å². The zero-order valence-corrected chi connectivity index (χ0v) is 14.7. The molecule has 0 saturated heterocycles. The highest BCUT2D eigenvalue weighted by Crippen LogP contribution is 2.31. The van der Waals surface area contributed by atoms with E-state index in [2.05, 4.69) is 31.0 Å². The number of rotatable bonds is 8. The van der Waals surface area contributed by atoms with Crippen LogP contribution in [0.2, 0.25) is 0 Å². The molecule has 1 heterocycles. The topological polar surface area (TPSA) is 61.9 Å². The van der Waals surface area contributed by atoms with E-state index in [1.165, 1.54) is 0 Å². The van der Waals surface area contributed by atoms with Crippen molar-refractivity contribution in [3.63, 3.8) is 0 Å². The first-order chi connectivity index (χ1) is 11.6. The van der Waals surface area contributed by atoms with E-state index in [9.17, 15) is 9.59 Å². The summed E-state index contributed by atoms with van der Waals surface area (Å²) in [6.45, 7) is 9.28. The molecule has 0 radical (unpaired) electrons. The molecule has 0 fully saturated rings. The van der Waals surface area contributed by atoms with E-state index >= 15 is 0 Å². The first-order valence-electron chi connectivity index (χ1n) is 8.59. The third kappa shape index (κ3) is 4.47. The van der Waals surface area contributed by atoms with Gasteiger partial charge in [-0.1, -0.05) is 26.0 Å². The molecule has 6 nitrogen and oxygen atoms in total. The molecule has 6 heteroatoms. The van der Waals surface area contributed by atoms with E-state index in [1.807, 2.05) is 24.3 Å². The van der Waals surface area contributed by atoms with Crippen LogP contribution in [0.25, 0.3) is 0 Å². The zero-order chi connectivity index (χ0) is 17.5. The molecule has 1 aliphatic heterocycles. The summed E-state index contributed by atoms with van der Waals surface area (Å²) < 4.78 is 5.41. The van der Waals surface area contributed by atoms with Gasteiger partial charge in [-0.25, -0.2) is 0 Å². The predicted octanol–water partition coefficient (Wildman–Crippen LogP) is 1.65. The summed E-state index contributed by atoms with van der Waals surface area (Å²) in [5.74, 6) is 0.538. The summed E-state index contributed by atoms with van der Waals surface area (Å²) in [7, 11) is 0. The van der Waals surface area contributed by atoms with E-state index in [0.717, 1.165) is 18.8 Å². The number of likely N-dealkylation sites (N-methyl/N-ethyl adjacent to an activating group) is 1. The lowest BCUT2D eigenvalue weighted by Crippen LogP contribution is -2.44. The number of hydrogen-bond acceptors (Lipinski definition) is 4. The molecule has 0 saturated carbocycles. The van der Waals surface area contributed by atoms with Gasteiger partial charge < -0.3 is 15.0 Å². The Balaban J connectivity index is 1.85. The van der Waals surface area contributed by atoms with E-state index in [0.29, 0.717) is 24.9 Å². The molecular formula is C18H27N3O3. The van der Waals surface area contributed by atoms with Crippen LogP contribution >= 0.6 is 0 Å². The number of carbonyl (C=O) groups is 2. The number of nitrogens with zero attached hydrogens (tertiary/aromatic N) is 2. The Labute approximate surface area is 143 Å². The van der Waals surface area contributed by atoms with Gasteiger partial charge in [0.25, 0.3) is 5.91 Å². The van der Waals surface area contributed by atoms with Gasteiger partial charge in [-0.05, 0) is 32.1 Å². The summed E-state index contributed by atoms with van der Waals surface area (Å²) in [5.41, 5.74) is 0.734. The molecule has 24 heavy (non-hydrogen) atoms. The van der Waals surface area contributed by atoms with Gasteiger partial charge in [0.2, 0.25) is 5.91 Å². The lowest BCUT2D eigenvalue weighted by atomic mass is 10.2. The second kappa shape index (κ2) is 8.68. The minimum atomic E-state index is -0.113.